The predicted octanol–water partition coefficient (Wildman–Crippen LogP) is 2.00. The van der Waals surface area contributed by atoms with Gasteiger partial charge in [0.05, 0.1) is 24.0 Å². The van der Waals surface area contributed by atoms with Gasteiger partial charge in [-0.1, -0.05) is 0 Å². The van der Waals surface area contributed by atoms with Gasteiger partial charge in [0.1, 0.15) is 5.52 Å². The van der Waals surface area contributed by atoms with Crippen LogP contribution in [-0.4, -0.2) is 29.1 Å². The first-order chi connectivity index (χ1) is 10.7. The topological polar surface area (TPSA) is 86.0 Å². The van der Waals surface area contributed by atoms with Crippen molar-refractivity contribution < 1.29 is 4.74 Å². The molecule has 112 valence electrons. The van der Waals surface area contributed by atoms with Crippen molar-refractivity contribution in [2.75, 3.05) is 19.9 Å². The first-order valence-electron chi connectivity index (χ1n) is 6.92. The van der Waals surface area contributed by atoms with E-state index in [0.29, 0.717) is 23.6 Å². The summed E-state index contributed by atoms with van der Waals surface area (Å²) in [5.74, 6) is 0.571. The number of nitrogen functional groups attached to an aromatic ring is 1. The van der Waals surface area contributed by atoms with Crippen LogP contribution in [0.3, 0.4) is 0 Å². The summed E-state index contributed by atoms with van der Waals surface area (Å²) in [4.78, 5) is 13.3. The van der Waals surface area contributed by atoms with Crippen LogP contribution in [0.5, 0.6) is 5.88 Å². The van der Waals surface area contributed by atoms with E-state index in [1.54, 1.807) is 25.6 Å². The van der Waals surface area contributed by atoms with E-state index in [9.17, 15) is 0 Å². The third-order valence-electron chi connectivity index (χ3n) is 3.44. The van der Waals surface area contributed by atoms with Gasteiger partial charge in [0.15, 0.2) is 0 Å². The van der Waals surface area contributed by atoms with Crippen molar-refractivity contribution in [2.45, 2.75) is 6.54 Å². The number of hydrogen-bond acceptors (Lipinski definition) is 6. The number of fused-ring (bicyclic) bond motifs is 1. The molecule has 0 atom stereocenters. The average Bonchev–Trinajstić information content (AvgIpc) is 2.57. The van der Waals surface area contributed by atoms with Crippen molar-refractivity contribution in [2.24, 2.45) is 0 Å². The highest BCUT2D eigenvalue weighted by atomic mass is 16.5. The van der Waals surface area contributed by atoms with E-state index in [4.69, 9.17) is 10.5 Å². The van der Waals surface area contributed by atoms with Crippen LogP contribution in [0.2, 0.25) is 0 Å². The van der Waals surface area contributed by atoms with Crippen molar-refractivity contribution >= 4 is 16.7 Å². The zero-order valence-corrected chi connectivity index (χ0v) is 12.5. The van der Waals surface area contributed by atoms with E-state index in [0.717, 1.165) is 22.3 Å². The fourth-order valence-electron chi connectivity index (χ4n) is 2.27. The first kappa shape index (κ1) is 14.2. The summed E-state index contributed by atoms with van der Waals surface area (Å²) in [5.41, 5.74) is 11.0. The van der Waals surface area contributed by atoms with Gasteiger partial charge < -0.3 is 15.8 Å². The van der Waals surface area contributed by atoms with E-state index in [2.05, 4.69) is 20.3 Å². The monoisotopic (exact) mass is 295 g/mol. The maximum Gasteiger partial charge on any atom is 0.212 e. The molecule has 0 saturated carbocycles. The summed E-state index contributed by atoms with van der Waals surface area (Å²) in [6.07, 6.45) is 3.51. The van der Waals surface area contributed by atoms with Crippen LogP contribution < -0.4 is 15.8 Å². The van der Waals surface area contributed by atoms with Gasteiger partial charge in [-0.25, -0.2) is 9.97 Å². The lowest BCUT2D eigenvalue weighted by molar-refractivity contribution is 0.398. The molecule has 0 aromatic carbocycles. The standard InChI is InChI=1S/C16H17N5O/c1-18-7-11-9-19-13-5-4-12(21-16(13)15(11)17)10-3-6-14(22-2)20-8-10/h3-6,8-9,18H,7H2,1-2H3,(H2,17,19). The highest BCUT2D eigenvalue weighted by Gasteiger charge is 2.09. The number of pyridine rings is 3. The first-order valence-corrected chi connectivity index (χ1v) is 6.92. The largest absolute Gasteiger partial charge is 0.481 e. The van der Waals surface area contributed by atoms with Crippen molar-refractivity contribution in [3.8, 4) is 17.1 Å². The van der Waals surface area contributed by atoms with Gasteiger partial charge in [0.2, 0.25) is 5.88 Å². The molecule has 3 heterocycles. The summed E-state index contributed by atoms with van der Waals surface area (Å²) in [6, 6.07) is 7.55. The van der Waals surface area contributed by atoms with Crippen LogP contribution in [-0.2, 0) is 6.54 Å². The molecule has 0 spiro atoms. The van der Waals surface area contributed by atoms with E-state index < -0.39 is 0 Å². The minimum Gasteiger partial charge on any atom is -0.481 e. The predicted molar refractivity (Wildman–Crippen MR) is 86.5 cm³/mol. The Morgan fingerprint density at radius 3 is 2.68 bits per heavy atom. The van der Waals surface area contributed by atoms with Crippen molar-refractivity contribution in [1.82, 2.24) is 20.3 Å². The molecule has 0 aliphatic carbocycles. The number of nitrogens with one attached hydrogen (secondary N) is 1. The molecular weight excluding hydrogens is 278 g/mol. The van der Waals surface area contributed by atoms with Gasteiger partial charge >= 0.3 is 0 Å². The third kappa shape index (κ3) is 2.56. The number of hydrogen-bond donors (Lipinski definition) is 2. The lowest BCUT2D eigenvalue weighted by atomic mass is 10.1. The highest BCUT2D eigenvalue weighted by Crippen LogP contribution is 2.25. The number of methoxy groups -OCH3 is 1. The number of rotatable bonds is 4. The number of aromatic nitrogens is 3. The van der Waals surface area contributed by atoms with E-state index in [1.165, 1.54) is 0 Å². The normalized spacial score (nSPS) is 10.8. The zero-order valence-electron chi connectivity index (χ0n) is 12.5. The summed E-state index contributed by atoms with van der Waals surface area (Å²) in [5, 5.41) is 3.08. The Hall–Kier alpha value is -2.73. The minimum atomic E-state index is 0.571. The Bertz CT molecular complexity index is 801. The van der Waals surface area contributed by atoms with E-state index >= 15 is 0 Å². The molecule has 22 heavy (non-hydrogen) atoms. The molecule has 0 aliphatic rings. The molecule has 3 aromatic rings. The molecular formula is C16H17N5O. The highest BCUT2D eigenvalue weighted by molar-refractivity contribution is 5.89. The summed E-state index contributed by atoms with van der Waals surface area (Å²) in [7, 11) is 3.46. The molecule has 0 radical (unpaired) electrons. The Kier molecular flexibility index (Phi) is 3.84. The zero-order chi connectivity index (χ0) is 15.5. The van der Waals surface area contributed by atoms with Crippen molar-refractivity contribution in [1.29, 1.82) is 0 Å². The van der Waals surface area contributed by atoms with Gasteiger partial charge in [0, 0.05) is 36.1 Å². The van der Waals surface area contributed by atoms with Gasteiger partial charge in [-0.05, 0) is 25.2 Å². The molecule has 0 saturated heterocycles. The number of ether oxygens (including phenoxy) is 1. The molecule has 3 rings (SSSR count). The van der Waals surface area contributed by atoms with Gasteiger partial charge in [0.25, 0.3) is 0 Å². The average molecular weight is 295 g/mol. The lowest BCUT2D eigenvalue weighted by Crippen LogP contribution is -2.09. The molecule has 0 amide bonds. The Morgan fingerprint density at radius 2 is 2.00 bits per heavy atom. The number of nitrogens with two attached hydrogens (primary N) is 1. The molecule has 3 N–H and O–H groups in total. The van der Waals surface area contributed by atoms with Crippen LogP contribution in [0.15, 0.2) is 36.7 Å². The van der Waals surface area contributed by atoms with Crippen LogP contribution >= 0.6 is 0 Å². The number of nitrogens with zero attached hydrogens (tertiary/aromatic N) is 3. The molecule has 0 bridgehead atoms. The minimum absolute atomic E-state index is 0.571. The van der Waals surface area contributed by atoms with Crippen LogP contribution in [0.1, 0.15) is 5.56 Å². The molecule has 0 fully saturated rings. The van der Waals surface area contributed by atoms with Gasteiger partial charge in [-0.3, -0.25) is 4.98 Å². The Labute approximate surface area is 128 Å². The molecule has 6 nitrogen and oxygen atoms in total. The van der Waals surface area contributed by atoms with Crippen LogP contribution in [0, 0.1) is 0 Å². The summed E-state index contributed by atoms with van der Waals surface area (Å²) in [6.45, 7) is 0.658. The fraction of sp³-hybridized carbons (Fsp3) is 0.188. The van der Waals surface area contributed by atoms with Gasteiger partial charge in [-0.15, -0.1) is 0 Å². The van der Waals surface area contributed by atoms with Crippen LogP contribution in [0.25, 0.3) is 22.3 Å². The second kappa shape index (κ2) is 5.95. The maximum absolute atomic E-state index is 6.22. The van der Waals surface area contributed by atoms with Gasteiger partial charge in [-0.2, -0.15) is 0 Å². The molecule has 0 unspecified atom stereocenters. The van der Waals surface area contributed by atoms with Crippen LogP contribution in [0.4, 0.5) is 5.69 Å². The smallest absolute Gasteiger partial charge is 0.212 e. The Morgan fingerprint density at radius 1 is 1.14 bits per heavy atom. The third-order valence-corrected chi connectivity index (χ3v) is 3.44. The van der Waals surface area contributed by atoms with E-state index in [-0.39, 0.29) is 0 Å². The van der Waals surface area contributed by atoms with E-state index in [1.807, 2.05) is 25.2 Å². The molecule has 3 aromatic heterocycles. The summed E-state index contributed by atoms with van der Waals surface area (Å²) >= 11 is 0. The molecule has 0 aliphatic heterocycles. The maximum atomic E-state index is 6.22. The number of anilines is 1. The Balaban J connectivity index is 2.09. The summed E-state index contributed by atoms with van der Waals surface area (Å²) < 4.78 is 5.07. The second-order valence-corrected chi connectivity index (χ2v) is 4.88. The van der Waals surface area contributed by atoms with Crippen molar-refractivity contribution in [3.05, 3.63) is 42.2 Å². The second-order valence-electron chi connectivity index (χ2n) is 4.88. The quantitative estimate of drug-likeness (QED) is 0.765. The lowest BCUT2D eigenvalue weighted by Gasteiger charge is -2.09. The molecule has 6 heteroatoms. The fourth-order valence-corrected chi connectivity index (χ4v) is 2.27. The van der Waals surface area contributed by atoms with Crippen molar-refractivity contribution in [3.63, 3.8) is 0 Å². The SMILES string of the molecule is CNCc1cnc2ccc(-c3ccc(OC)nc3)nc2c1N.